The number of nitrogens with zero attached hydrogens (tertiary/aromatic N) is 3. The lowest BCUT2D eigenvalue weighted by Gasteiger charge is -2.14. The zero-order chi connectivity index (χ0) is 14.9. The molecule has 114 valence electrons. The zero-order valence-electron chi connectivity index (χ0n) is 12.4. The lowest BCUT2D eigenvalue weighted by Crippen LogP contribution is -2.24. The van der Waals surface area contributed by atoms with Crippen molar-refractivity contribution in [2.75, 3.05) is 6.54 Å². The molecule has 2 aliphatic rings. The topological polar surface area (TPSA) is 59.2 Å². The fourth-order valence-corrected chi connectivity index (χ4v) is 3.05. The van der Waals surface area contributed by atoms with E-state index in [1.807, 2.05) is 23.1 Å². The Hall–Kier alpha value is -2.17. The van der Waals surface area contributed by atoms with E-state index in [0.29, 0.717) is 18.9 Å². The maximum absolute atomic E-state index is 12.2. The van der Waals surface area contributed by atoms with E-state index in [4.69, 9.17) is 4.52 Å². The van der Waals surface area contributed by atoms with Crippen molar-refractivity contribution in [1.82, 2.24) is 15.0 Å². The van der Waals surface area contributed by atoms with E-state index < -0.39 is 0 Å². The van der Waals surface area contributed by atoms with Gasteiger partial charge in [-0.25, -0.2) is 0 Å². The number of hydrogen-bond acceptors (Lipinski definition) is 4. The zero-order valence-corrected chi connectivity index (χ0v) is 12.4. The molecule has 1 saturated heterocycles. The molecule has 4 rings (SSSR count). The number of carbonyl (C=O) groups is 1. The fraction of sp³-hybridized carbons (Fsp3) is 0.471. The third-order valence-corrected chi connectivity index (χ3v) is 4.49. The smallest absolute Gasteiger partial charge is 0.246 e. The standard InChI is InChI=1S/C17H19N3O2/c21-17-9-14(13-4-2-1-3-5-13)10-20(17)11-16-18-15(19-22-16)8-12-6-7-12/h1-5,12,14H,6-11H2. The molecule has 1 aromatic carbocycles. The van der Waals surface area contributed by atoms with E-state index >= 15 is 0 Å². The first-order chi connectivity index (χ1) is 10.8. The van der Waals surface area contributed by atoms with Crippen LogP contribution in [0.15, 0.2) is 34.9 Å². The summed E-state index contributed by atoms with van der Waals surface area (Å²) in [5, 5.41) is 4.02. The van der Waals surface area contributed by atoms with Crippen molar-refractivity contribution in [3.05, 3.63) is 47.6 Å². The van der Waals surface area contributed by atoms with Crippen LogP contribution in [-0.4, -0.2) is 27.5 Å². The summed E-state index contributed by atoms with van der Waals surface area (Å²) in [6.45, 7) is 1.16. The minimum Gasteiger partial charge on any atom is -0.337 e. The van der Waals surface area contributed by atoms with Crippen molar-refractivity contribution < 1.29 is 9.32 Å². The second kappa shape index (κ2) is 5.55. The van der Waals surface area contributed by atoms with Gasteiger partial charge in [-0.15, -0.1) is 0 Å². The minimum atomic E-state index is 0.163. The summed E-state index contributed by atoms with van der Waals surface area (Å²) >= 11 is 0. The molecule has 0 spiro atoms. The predicted octanol–water partition coefficient (Wildman–Crippen LogP) is 2.54. The summed E-state index contributed by atoms with van der Waals surface area (Å²) in [4.78, 5) is 18.4. The van der Waals surface area contributed by atoms with Crippen LogP contribution in [0.2, 0.25) is 0 Å². The number of hydrogen-bond donors (Lipinski definition) is 0. The molecule has 0 N–H and O–H groups in total. The Balaban J connectivity index is 1.40. The summed E-state index contributed by atoms with van der Waals surface area (Å²) in [5.74, 6) is 2.50. The van der Waals surface area contributed by atoms with Gasteiger partial charge in [-0.3, -0.25) is 4.79 Å². The number of carbonyl (C=O) groups excluding carboxylic acids is 1. The van der Waals surface area contributed by atoms with Crippen molar-refractivity contribution in [3.8, 4) is 0 Å². The van der Waals surface area contributed by atoms with Crippen molar-refractivity contribution in [3.63, 3.8) is 0 Å². The molecule has 1 aliphatic heterocycles. The molecule has 2 heterocycles. The first kappa shape index (κ1) is 13.5. The maximum atomic E-state index is 12.2. The van der Waals surface area contributed by atoms with Gasteiger partial charge in [0.2, 0.25) is 11.8 Å². The van der Waals surface area contributed by atoms with Crippen LogP contribution in [-0.2, 0) is 17.8 Å². The number of rotatable bonds is 5. The molecule has 1 unspecified atom stereocenters. The van der Waals surface area contributed by atoms with Crippen molar-refractivity contribution in [2.45, 2.75) is 38.1 Å². The lowest BCUT2D eigenvalue weighted by molar-refractivity contribution is -0.128. The Bertz CT molecular complexity index is 664. The minimum absolute atomic E-state index is 0.163. The number of likely N-dealkylation sites (tertiary alicyclic amines) is 1. The van der Waals surface area contributed by atoms with Crippen LogP contribution in [0.4, 0.5) is 0 Å². The maximum Gasteiger partial charge on any atom is 0.246 e. The molecule has 1 saturated carbocycles. The van der Waals surface area contributed by atoms with Gasteiger partial charge < -0.3 is 9.42 Å². The largest absolute Gasteiger partial charge is 0.337 e. The number of amides is 1. The predicted molar refractivity (Wildman–Crippen MR) is 79.9 cm³/mol. The van der Waals surface area contributed by atoms with Gasteiger partial charge >= 0.3 is 0 Å². The van der Waals surface area contributed by atoms with Crippen LogP contribution in [0.25, 0.3) is 0 Å². The molecule has 2 aromatic rings. The highest BCUT2D eigenvalue weighted by atomic mass is 16.5. The highest BCUT2D eigenvalue weighted by Crippen LogP contribution is 2.32. The van der Waals surface area contributed by atoms with Crippen molar-refractivity contribution in [1.29, 1.82) is 0 Å². The van der Waals surface area contributed by atoms with Crippen LogP contribution < -0.4 is 0 Å². The molecule has 22 heavy (non-hydrogen) atoms. The van der Waals surface area contributed by atoms with Gasteiger partial charge in [-0.2, -0.15) is 4.98 Å². The van der Waals surface area contributed by atoms with E-state index in [2.05, 4.69) is 22.3 Å². The van der Waals surface area contributed by atoms with E-state index in [1.54, 1.807) is 0 Å². The number of benzene rings is 1. The molecule has 1 aliphatic carbocycles. The molecule has 5 nitrogen and oxygen atoms in total. The molecule has 1 atom stereocenters. The molecule has 0 bridgehead atoms. The molecule has 5 heteroatoms. The van der Waals surface area contributed by atoms with Gasteiger partial charge in [0, 0.05) is 25.3 Å². The summed E-state index contributed by atoms with van der Waals surface area (Å²) in [5.41, 5.74) is 1.22. The van der Waals surface area contributed by atoms with Gasteiger partial charge in [0.15, 0.2) is 5.82 Å². The van der Waals surface area contributed by atoms with Crippen LogP contribution in [0.1, 0.15) is 42.5 Å². The quantitative estimate of drug-likeness (QED) is 0.851. The Morgan fingerprint density at radius 3 is 2.82 bits per heavy atom. The first-order valence-electron chi connectivity index (χ1n) is 7.92. The second-order valence-corrected chi connectivity index (χ2v) is 6.34. The molecule has 2 fully saturated rings. The fourth-order valence-electron chi connectivity index (χ4n) is 3.05. The van der Waals surface area contributed by atoms with Gasteiger partial charge in [-0.1, -0.05) is 35.5 Å². The number of aromatic nitrogens is 2. The average Bonchev–Trinajstić information content (AvgIpc) is 3.12. The van der Waals surface area contributed by atoms with Gasteiger partial charge in [0.1, 0.15) is 0 Å². The van der Waals surface area contributed by atoms with Crippen LogP contribution in [0.5, 0.6) is 0 Å². The Morgan fingerprint density at radius 2 is 2.05 bits per heavy atom. The van der Waals surface area contributed by atoms with Crippen LogP contribution in [0, 0.1) is 5.92 Å². The van der Waals surface area contributed by atoms with Crippen molar-refractivity contribution in [2.24, 2.45) is 5.92 Å². The van der Waals surface area contributed by atoms with Crippen LogP contribution >= 0.6 is 0 Å². The monoisotopic (exact) mass is 297 g/mol. The SMILES string of the molecule is O=C1CC(c2ccccc2)CN1Cc1nc(CC2CC2)no1. The summed E-state index contributed by atoms with van der Waals surface area (Å²) in [7, 11) is 0. The molecular weight excluding hydrogens is 278 g/mol. The Morgan fingerprint density at radius 1 is 1.23 bits per heavy atom. The average molecular weight is 297 g/mol. The summed E-state index contributed by atoms with van der Waals surface area (Å²) in [6.07, 6.45) is 4.01. The van der Waals surface area contributed by atoms with Gasteiger partial charge in [0.25, 0.3) is 0 Å². The van der Waals surface area contributed by atoms with Gasteiger partial charge in [-0.05, 0) is 24.3 Å². The van der Waals surface area contributed by atoms with E-state index in [1.165, 1.54) is 18.4 Å². The molecule has 1 aromatic heterocycles. The first-order valence-corrected chi connectivity index (χ1v) is 7.92. The normalized spacial score (nSPS) is 21.5. The molecular formula is C17H19N3O2. The van der Waals surface area contributed by atoms with E-state index in [-0.39, 0.29) is 11.8 Å². The van der Waals surface area contributed by atoms with Crippen LogP contribution in [0.3, 0.4) is 0 Å². The summed E-state index contributed by atoms with van der Waals surface area (Å²) in [6, 6.07) is 10.2. The summed E-state index contributed by atoms with van der Waals surface area (Å²) < 4.78 is 5.29. The van der Waals surface area contributed by atoms with Crippen molar-refractivity contribution >= 4 is 5.91 Å². The second-order valence-electron chi connectivity index (χ2n) is 6.34. The molecule has 0 radical (unpaired) electrons. The third kappa shape index (κ3) is 2.89. The highest BCUT2D eigenvalue weighted by molar-refractivity contribution is 5.79. The van der Waals surface area contributed by atoms with Gasteiger partial charge in [0.05, 0.1) is 6.54 Å². The molecule has 1 amide bonds. The Labute approximate surface area is 129 Å². The lowest BCUT2D eigenvalue weighted by atomic mass is 9.99. The third-order valence-electron chi connectivity index (χ3n) is 4.49. The van der Waals surface area contributed by atoms with E-state index in [9.17, 15) is 4.79 Å². The van der Waals surface area contributed by atoms with E-state index in [0.717, 1.165) is 24.7 Å². The Kier molecular flexibility index (Phi) is 3.41. The highest BCUT2D eigenvalue weighted by Gasteiger charge is 2.32.